The first-order valence-electron chi connectivity index (χ1n) is 5.95. The third kappa shape index (κ3) is 2.75. The van der Waals surface area contributed by atoms with Crippen LogP contribution in [0.3, 0.4) is 0 Å². The molecular weight excluding hydrogens is 220 g/mol. The van der Waals surface area contributed by atoms with Crippen LogP contribution in [0.1, 0.15) is 24.6 Å². The molecule has 0 aromatic carbocycles. The minimum absolute atomic E-state index is 0.452. The van der Waals surface area contributed by atoms with Crippen molar-refractivity contribution >= 4 is 17.0 Å². The van der Waals surface area contributed by atoms with Crippen LogP contribution >= 0.6 is 11.3 Å². The monoisotopic (exact) mass is 240 g/mol. The highest BCUT2D eigenvalue weighted by atomic mass is 32.1. The van der Waals surface area contributed by atoms with Gasteiger partial charge in [0.1, 0.15) is 0 Å². The van der Waals surface area contributed by atoms with Gasteiger partial charge in [-0.2, -0.15) is 0 Å². The average molecular weight is 240 g/mol. The quantitative estimate of drug-likeness (QED) is 0.829. The van der Waals surface area contributed by atoms with Crippen molar-refractivity contribution in [2.75, 3.05) is 18.9 Å². The Labute approximate surface area is 101 Å². The number of hydrogen-bond donors (Lipinski definition) is 2. The van der Waals surface area contributed by atoms with E-state index in [9.17, 15) is 0 Å². The summed E-state index contributed by atoms with van der Waals surface area (Å²) in [6.45, 7) is 5.04. The molecule has 1 aromatic rings. The highest BCUT2D eigenvalue weighted by molar-refractivity contribution is 7.10. The fraction of sp³-hybridized carbons (Fsp3) is 0.667. The van der Waals surface area contributed by atoms with E-state index >= 15 is 0 Å². The molecule has 16 heavy (non-hydrogen) atoms. The molecule has 0 spiro atoms. The summed E-state index contributed by atoms with van der Waals surface area (Å²) >= 11 is 1.72. The zero-order valence-corrected chi connectivity index (χ0v) is 10.6. The summed E-state index contributed by atoms with van der Waals surface area (Å²) in [5, 5.41) is 5.53. The highest BCUT2D eigenvalue weighted by Gasteiger charge is 2.25. The summed E-state index contributed by atoms with van der Waals surface area (Å²) < 4.78 is 5.66. The number of anilines is 1. The lowest BCUT2D eigenvalue weighted by atomic mass is 10.00. The average Bonchev–Trinajstić information content (AvgIpc) is 2.88. The van der Waals surface area contributed by atoms with E-state index in [1.807, 2.05) is 11.4 Å². The number of nitrogens with one attached hydrogen (secondary N) is 1. The minimum atomic E-state index is 0.452. The van der Waals surface area contributed by atoms with Crippen LogP contribution < -0.4 is 11.1 Å². The number of thiophene rings is 1. The van der Waals surface area contributed by atoms with Gasteiger partial charge in [0, 0.05) is 30.3 Å². The van der Waals surface area contributed by atoms with E-state index in [0.717, 1.165) is 31.8 Å². The summed E-state index contributed by atoms with van der Waals surface area (Å²) in [6.07, 6.45) is 2.76. The van der Waals surface area contributed by atoms with E-state index in [4.69, 9.17) is 10.5 Å². The van der Waals surface area contributed by atoms with Gasteiger partial charge in [-0.15, -0.1) is 11.3 Å². The molecule has 1 aliphatic heterocycles. The van der Waals surface area contributed by atoms with Crippen molar-refractivity contribution in [2.45, 2.75) is 32.4 Å². The van der Waals surface area contributed by atoms with Gasteiger partial charge in [0.2, 0.25) is 0 Å². The highest BCUT2D eigenvalue weighted by Crippen LogP contribution is 2.23. The van der Waals surface area contributed by atoms with Gasteiger partial charge in [-0.25, -0.2) is 0 Å². The molecule has 1 saturated heterocycles. The summed E-state index contributed by atoms with van der Waals surface area (Å²) in [7, 11) is 0. The molecule has 2 heterocycles. The van der Waals surface area contributed by atoms with Crippen molar-refractivity contribution in [3.05, 3.63) is 16.3 Å². The van der Waals surface area contributed by atoms with Gasteiger partial charge >= 0.3 is 0 Å². The van der Waals surface area contributed by atoms with Crippen LogP contribution in [0.25, 0.3) is 0 Å². The SMILES string of the molecule is CCC1OCCC1CNCc1sccc1N. The number of nitrogens with two attached hydrogens (primary N) is 1. The second-order valence-electron chi connectivity index (χ2n) is 4.30. The Morgan fingerprint density at radius 3 is 3.19 bits per heavy atom. The first kappa shape index (κ1) is 11.9. The zero-order chi connectivity index (χ0) is 11.4. The lowest BCUT2D eigenvalue weighted by Gasteiger charge is -2.17. The Kier molecular flexibility index (Phi) is 4.21. The van der Waals surface area contributed by atoms with E-state index in [-0.39, 0.29) is 0 Å². The molecule has 1 fully saturated rings. The molecule has 0 radical (unpaired) electrons. The Morgan fingerprint density at radius 1 is 1.62 bits per heavy atom. The third-order valence-electron chi connectivity index (χ3n) is 3.22. The number of hydrogen-bond acceptors (Lipinski definition) is 4. The van der Waals surface area contributed by atoms with E-state index in [1.54, 1.807) is 11.3 Å². The van der Waals surface area contributed by atoms with Crippen molar-refractivity contribution in [1.82, 2.24) is 5.32 Å². The molecule has 0 amide bonds. The van der Waals surface area contributed by atoms with E-state index in [1.165, 1.54) is 11.3 Å². The predicted octanol–water partition coefficient (Wildman–Crippen LogP) is 2.23. The molecule has 2 rings (SSSR count). The Balaban J connectivity index is 1.74. The van der Waals surface area contributed by atoms with E-state index < -0.39 is 0 Å². The van der Waals surface area contributed by atoms with Gasteiger partial charge in [0.25, 0.3) is 0 Å². The van der Waals surface area contributed by atoms with Gasteiger partial charge in [-0.05, 0) is 30.2 Å². The van der Waals surface area contributed by atoms with Gasteiger partial charge in [0.05, 0.1) is 6.10 Å². The van der Waals surface area contributed by atoms with Crippen molar-refractivity contribution in [3.8, 4) is 0 Å². The van der Waals surface area contributed by atoms with Gasteiger partial charge < -0.3 is 15.8 Å². The molecule has 1 aliphatic rings. The Morgan fingerprint density at radius 2 is 2.50 bits per heavy atom. The number of ether oxygens (including phenoxy) is 1. The summed E-state index contributed by atoms with van der Waals surface area (Å²) in [5.74, 6) is 0.672. The number of rotatable bonds is 5. The molecule has 4 heteroatoms. The molecular formula is C12H20N2OS. The summed E-state index contributed by atoms with van der Waals surface area (Å²) in [5.41, 5.74) is 6.74. The van der Waals surface area contributed by atoms with Crippen molar-refractivity contribution in [2.24, 2.45) is 5.92 Å². The third-order valence-corrected chi connectivity index (χ3v) is 4.16. The van der Waals surface area contributed by atoms with Crippen LogP contribution in [-0.2, 0) is 11.3 Å². The maximum Gasteiger partial charge on any atom is 0.0613 e. The maximum absolute atomic E-state index is 5.83. The van der Waals surface area contributed by atoms with Gasteiger partial charge in [0.15, 0.2) is 0 Å². The molecule has 3 nitrogen and oxygen atoms in total. The first-order chi connectivity index (χ1) is 7.81. The van der Waals surface area contributed by atoms with Crippen molar-refractivity contribution < 1.29 is 4.74 Å². The summed E-state index contributed by atoms with van der Waals surface area (Å²) in [4.78, 5) is 1.24. The topological polar surface area (TPSA) is 47.3 Å². The van der Waals surface area contributed by atoms with Crippen LogP contribution in [-0.4, -0.2) is 19.3 Å². The van der Waals surface area contributed by atoms with Gasteiger partial charge in [-0.1, -0.05) is 6.92 Å². The molecule has 1 aromatic heterocycles. The van der Waals surface area contributed by atoms with Crippen molar-refractivity contribution in [3.63, 3.8) is 0 Å². The largest absolute Gasteiger partial charge is 0.398 e. The maximum atomic E-state index is 5.83. The van der Waals surface area contributed by atoms with E-state index in [2.05, 4.69) is 12.2 Å². The molecule has 2 atom stereocenters. The molecule has 3 N–H and O–H groups in total. The fourth-order valence-corrected chi connectivity index (χ4v) is 3.01. The van der Waals surface area contributed by atoms with Crippen LogP contribution in [0.15, 0.2) is 11.4 Å². The minimum Gasteiger partial charge on any atom is -0.398 e. The van der Waals surface area contributed by atoms with Crippen LogP contribution in [0.4, 0.5) is 5.69 Å². The second kappa shape index (κ2) is 5.66. The standard InChI is InChI=1S/C12H20N2OS/c1-2-11-9(3-5-15-11)7-14-8-12-10(13)4-6-16-12/h4,6,9,11,14H,2-3,5,7-8,13H2,1H3. The molecule has 2 unspecified atom stereocenters. The lowest BCUT2D eigenvalue weighted by molar-refractivity contribution is 0.0872. The first-order valence-corrected chi connectivity index (χ1v) is 6.83. The van der Waals surface area contributed by atoms with Crippen LogP contribution in [0.2, 0.25) is 0 Å². The van der Waals surface area contributed by atoms with E-state index in [0.29, 0.717) is 12.0 Å². The van der Waals surface area contributed by atoms with Crippen molar-refractivity contribution in [1.29, 1.82) is 0 Å². The molecule has 0 aliphatic carbocycles. The van der Waals surface area contributed by atoms with Crippen LogP contribution in [0.5, 0.6) is 0 Å². The Hall–Kier alpha value is -0.580. The fourth-order valence-electron chi connectivity index (χ4n) is 2.24. The second-order valence-corrected chi connectivity index (χ2v) is 5.30. The smallest absolute Gasteiger partial charge is 0.0613 e. The zero-order valence-electron chi connectivity index (χ0n) is 9.74. The molecule has 90 valence electrons. The lowest BCUT2D eigenvalue weighted by Crippen LogP contribution is -2.27. The predicted molar refractivity (Wildman–Crippen MR) is 68.6 cm³/mol. The normalized spacial score (nSPS) is 25.1. The molecule has 0 bridgehead atoms. The van der Waals surface area contributed by atoms with Gasteiger partial charge in [-0.3, -0.25) is 0 Å². The van der Waals surface area contributed by atoms with Crippen LogP contribution in [0, 0.1) is 5.92 Å². The summed E-state index contributed by atoms with van der Waals surface area (Å²) in [6, 6.07) is 1.97. The molecule has 0 saturated carbocycles. The number of nitrogen functional groups attached to an aromatic ring is 1. The Bertz CT molecular complexity index is 327.